The Hall–Kier alpha value is -1.18. The van der Waals surface area contributed by atoms with Gasteiger partial charge in [-0.05, 0) is 17.5 Å². The Morgan fingerprint density at radius 3 is 2.69 bits per heavy atom. The molecule has 0 radical (unpaired) electrons. The van der Waals surface area contributed by atoms with Crippen LogP contribution in [0.3, 0.4) is 0 Å². The third kappa shape index (κ3) is 2.38. The molecule has 0 bridgehead atoms. The van der Waals surface area contributed by atoms with E-state index >= 15 is 0 Å². The number of halogens is 1. The Bertz CT molecular complexity index is 305. The SMILES string of the molecule is CC(C)c1cccc(C(=O)CF)c1. The van der Waals surface area contributed by atoms with Crippen molar-refractivity contribution < 1.29 is 9.18 Å². The van der Waals surface area contributed by atoms with Crippen molar-refractivity contribution in [2.45, 2.75) is 19.8 Å². The van der Waals surface area contributed by atoms with Gasteiger partial charge < -0.3 is 0 Å². The number of alkyl halides is 1. The smallest absolute Gasteiger partial charge is 0.193 e. The van der Waals surface area contributed by atoms with Crippen LogP contribution in [-0.2, 0) is 0 Å². The highest BCUT2D eigenvalue weighted by Crippen LogP contribution is 2.15. The molecule has 0 aliphatic carbocycles. The van der Waals surface area contributed by atoms with Gasteiger partial charge in [0.05, 0.1) is 0 Å². The zero-order valence-electron chi connectivity index (χ0n) is 7.88. The van der Waals surface area contributed by atoms with Crippen molar-refractivity contribution >= 4 is 5.78 Å². The maximum absolute atomic E-state index is 12.1. The third-order valence-electron chi connectivity index (χ3n) is 2.00. The van der Waals surface area contributed by atoms with Crippen molar-refractivity contribution in [3.63, 3.8) is 0 Å². The van der Waals surface area contributed by atoms with Crippen LogP contribution in [0.15, 0.2) is 24.3 Å². The summed E-state index contributed by atoms with van der Waals surface area (Å²) >= 11 is 0. The summed E-state index contributed by atoms with van der Waals surface area (Å²) in [6.07, 6.45) is 0. The van der Waals surface area contributed by atoms with Gasteiger partial charge in [0.25, 0.3) is 0 Å². The largest absolute Gasteiger partial charge is 0.291 e. The number of carbonyl (C=O) groups is 1. The molecule has 1 aromatic rings. The number of rotatable bonds is 3. The summed E-state index contributed by atoms with van der Waals surface area (Å²) in [4.78, 5) is 11.0. The minimum Gasteiger partial charge on any atom is -0.291 e. The van der Waals surface area contributed by atoms with Crippen LogP contribution in [0.25, 0.3) is 0 Å². The first-order valence-corrected chi connectivity index (χ1v) is 4.34. The van der Waals surface area contributed by atoms with Gasteiger partial charge in [0.15, 0.2) is 12.5 Å². The van der Waals surface area contributed by atoms with E-state index in [9.17, 15) is 9.18 Å². The number of hydrogen-bond donors (Lipinski definition) is 0. The van der Waals surface area contributed by atoms with Crippen molar-refractivity contribution in [3.05, 3.63) is 35.4 Å². The van der Waals surface area contributed by atoms with E-state index in [2.05, 4.69) is 0 Å². The molecule has 0 aliphatic rings. The highest BCUT2D eigenvalue weighted by molar-refractivity contribution is 5.97. The fourth-order valence-electron chi connectivity index (χ4n) is 1.15. The second-order valence-corrected chi connectivity index (χ2v) is 3.34. The third-order valence-corrected chi connectivity index (χ3v) is 2.00. The average Bonchev–Trinajstić information content (AvgIpc) is 2.17. The van der Waals surface area contributed by atoms with Gasteiger partial charge in [-0.15, -0.1) is 0 Å². The predicted octanol–water partition coefficient (Wildman–Crippen LogP) is 2.96. The lowest BCUT2D eigenvalue weighted by Crippen LogP contribution is -2.01. The number of hydrogen-bond acceptors (Lipinski definition) is 1. The molecule has 70 valence electrons. The molecule has 0 unspecified atom stereocenters. The number of ketones is 1. The van der Waals surface area contributed by atoms with Crippen LogP contribution in [0, 0.1) is 0 Å². The molecule has 1 nitrogen and oxygen atoms in total. The summed E-state index contributed by atoms with van der Waals surface area (Å²) in [7, 11) is 0. The molecule has 13 heavy (non-hydrogen) atoms. The van der Waals surface area contributed by atoms with Gasteiger partial charge in [-0.25, -0.2) is 4.39 Å². The number of Topliss-reactive ketones (excluding diaryl/α,β-unsaturated/α-hetero) is 1. The van der Waals surface area contributed by atoms with Crippen molar-refractivity contribution in [2.75, 3.05) is 6.67 Å². The molecule has 0 N–H and O–H groups in total. The molecular formula is C11H13FO. The average molecular weight is 180 g/mol. The Morgan fingerprint density at radius 1 is 1.46 bits per heavy atom. The maximum Gasteiger partial charge on any atom is 0.193 e. The topological polar surface area (TPSA) is 17.1 Å². The van der Waals surface area contributed by atoms with E-state index < -0.39 is 12.5 Å². The standard InChI is InChI=1S/C11H13FO/c1-8(2)9-4-3-5-10(6-9)11(13)7-12/h3-6,8H,7H2,1-2H3. The molecule has 0 amide bonds. The van der Waals surface area contributed by atoms with Gasteiger partial charge in [-0.2, -0.15) is 0 Å². The van der Waals surface area contributed by atoms with Crippen molar-refractivity contribution in [3.8, 4) is 0 Å². The summed E-state index contributed by atoms with van der Waals surface area (Å²) in [6, 6.07) is 7.14. The summed E-state index contributed by atoms with van der Waals surface area (Å²) in [6.45, 7) is 3.17. The van der Waals surface area contributed by atoms with Crippen molar-refractivity contribution in [1.29, 1.82) is 0 Å². The minimum absolute atomic E-state index is 0.368. The molecule has 0 spiro atoms. The van der Waals surface area contributed by atoms with Crippen LogP contribution in [-0.4, -0.2) is 12.5 Å². The molecule has 0 saturated heterocycles. The Balaban J connectivity index is 2.98. The molecule has 0 atom stereocenters. The van der Waals surface area contributed by atoms with E-state index in [0.717, 1.165) is 5.56 Å². The molecular weight excluding hydrogens is 167 g/mol. The van der Waals surface area contributed by atoms with Gasteiger partial charge >= 0.3 is 0 Å². The highest BCUT2D eigenvalue weighted by atomic mass is 19.1. The zero-order chi connectivity index (χ0) is 9.84. The molecule has 0 heterocycles. The van der Waals surface area contributed by atoms with E-state index in [0.29, 0.717) is 11.5 Å². The van der Waals surface area contributed by atoms with Crippen LogP contribution in [0.5, 0.6) is 0 Å². The summed E-state index contributed by atoms with van der Waals surface area (Å²) in [5.74, 6) is -0.0742. The normalized spacial score (nSPS) is 10.5. The zero-order valence-corrected chi connectivity index (χ0v) is 7.88. The molecule has 1 rings (SSSR count). The second kappa shape index (κ2) is 4.17. The molecule has 0 saturated carbocycles. The molecule has 0 aromatic heterocycles. The van der Waals surface area contributed by atoms with Gasteiger partial charge in [0.2, 0.25) is 0 Å². The first-order valence-electron chi connectivity index (χ1n) is 4.34. The van der Waals surface area contributed by atoms with Crippen LogP contribution in [0.4, 0.5) is 4.39 Å². The molecule has 1 aromatic carbocycles. The van der Waals surface area contributed by atoms with E-state index in [1.807, 2.05) is 19.9 Å². The Kier molecular flexibility index (Phi) is 3.18. The maximum atomic E-state index is 12.1. The molecule has 0 aliphatic heterocycles. The fraction of sp³-hybridized carbons (Fsp3) is 0.364. The van der Waals surface area contributed by atoms with Gasteiger partial charge in [-0.3, -0.25) is 4.79 Å². The quantitative estimate of drug-likeness (QED) is 0.653. The summed E-state index contributed by atoms with van der Waals surface area (Å²) in [5.41, 5.74) is 1.54. The summed E-state index contributed by atoms with van der Waals surface area (Å²) < 4.78 is 12.1. The first-order chi connectivity index (χ1) is 6.15. The van der Waals surface area contributed by atoms with E-state index in [4.69, 9.17) is 0 Å². The van der Waals surface area contributed by atoms with Crippen molar-refractivity contribution in [2.24, 2.45) is 0 Å². The number of benzene rings is 1. The lowest BCUT2D eigenvalue weighted by Gasteiger charge is -2.05. The Morgan fingerprint density at radius 2 is 2.15 bits per heavy atom. The van der Waals surface area contributed by atoms with Crippen LogP contribution < -0.4 is 0 Å². The second-order valence-electron chi connectivity index (χ2n) is 3.34. The van der Waals surface area contributed by atoms with Gasteiger partial charge in [0, 0.05) is 5.56 Å². The van der Waals surface area contributed by atoms with Crippen LogP contribution in [0.2, 0.25) is 0 Å². The lowest BCUT2D eigenvalue weighted by atomic mass is 10.00. The monoisotopic (exact) mass is 180 g/mol. The van der Waals surface area contributed by atoms with Crippen LogP contribution >= 0.6 is 0 Å². The Labute approximate surface area is 77.6 Å². The predicted molar refractivity (Wildman–Crippen MR) is 50.8 cm³/mol. The molecule has 0 fully saturated rings. The van der Waals surface area contributed by atoms with Gasteiger partial charge in [-0.1, -0.05) is 32.0 Å². The minimum atomic E-state index is -0.915. The lowest BCUT2D eigenvalue weighted by molar-refractivity contribution is 0.0958. The van der Waals surface area contributed by atoms with E-state index in [-0.39, 0.29) is 0 Å². The highest BCUT2D eigenvalue weighted by Gasteiger charge is 2.06. The van der Waals surface area contributed by atoms with Gasteiger partial charge in [0.1, 0.15) is 0 Å². The van der Waals surface area contributed by atoms with E-state index in [1.165, 1.54) is 0 Å². The summed E-state index contributed by atoms with van der Waals surface area (Å²) in [5, 5.41) is 0. The van der Waals surface area contributed by atoms with E-state index in [1.54, 1.807) is 18.2 Å². The fourth-order valence-corrected chi connectivity index (χ4v) is 1.15. The van der Waals surface area contributed by atoms with Crippen molar-refractivity contribution in [1.82, 2.24) is 0 Å². The van der Waals surface area contributed by atoms with Crippen LogP contribution in [0.1, 0.15) is 35.7 Å². The number of carbonyl (C=O) groups excluding carboxylic acids is 1. The molecule has 2 heteroatoms. The first kappa shape index (κ1) is 9.90.